The monoisotopic (exact) mass is 358 g/mol. The van der Waals surface area contributed by atoms with Gasteiger partial charge in [-0.1, -0.05) is 60.7 Å². The molecule has 1 fully saturated rings. The van der Waals surface area contributed by atoms with Crippen LogP contribution in [-0.2, 0) is 22.4 Å². The maximum Gasteiger partial charge on any atom is 0.187 e. The molecule has 2 aromatic carbocycles. The van der Waals surface area contributed by atoms with E-state index in [9.17, 15) is 25.2 Å². The van der Waals surface area contributed by atoms with Crippen molar-refractivity contribution in [1.29, 1.82) is 0 Å². The first-order valence-electron chi connectivity index (χ1n) is 8.44. The van der Waals surface area contributed by atoms with Gasteiger partial charge in [0, 0.05) is 12.8 Å². The predicted molar refractivity (Wildman–Crippen MR) is 93.1 cm³/mol. The van der Waals surface area contributed by atoms with Crippen LogP contribution in [0.1, 0.15) is 11.1 Å². The molecule has 4 N–H and O–H groups in total. The van der Waals surface area contributed by atoms with Crippen LogP contribution < -0.4 is 0 Å². The molecule has 0 unspecified atom stereocenters. The molecule has 6 heteroatoms. The van der Waals surface area contributed by atoms with E-state index in [2.05, 4.69) is 0 Å². The number of rotatable bonds is 5. The van der Waals surface area contributed by atoms with Crippen molar-refractivity contribution in [2.24, 2.45) is 0 Å². The lowest BCUT2D eigenvalue weighted by Crippen LogP contribution is -2.68. The Labute approximate surface area is 151 Å². The summed E-state index contributed by atoms with van der Waals surface area (Å²) in [6, 6.07) is 17.6. The number of ketones is 1. The molecule has 0 amide bonds. The Balaban J connectivity index is 1.75. The Kier molecular flexibility index (Phi) is 5.50. The van der Waals surface area contributed by atoms with E-state index >= 15 is 0 Å². The molecule has 1 heterocycles. The second kappa shape index (κ2) is 7.65. The molecule has 1 aliphatic heterocycles. The fourth-order valence-corrected chi connectivity index (χ4v) is 3.22. The van der Waals surface area contributed by atoms with Crippen molar-refractivity contribution >= 4 is 5.78 Å². The molecule has 26 heavy (non-hydrogen) atoms. The highest BCUT2D eigenvalue weighted by molar-refractivity contribution is 5.86. The summed E-state index contributed by atoms with van der Waals surface area (Å²) in [6.45, 7) is 0. The number of Topliss-reactive ketones (excluding diaryl/α,β-unsaturated/α-hetero) is 1. The Morgan fingerprint density at radius 2 is 1.46 bits per heavy atom. The maximum absolute atomic E-state index is 12.4. The molecule has 3 rings (SSSR count). The molecule has 0 aromatic heterocycles. The molecule has 138 valence electrons. The van der Waals surface area contributed by atoms with Gasteiger partial charge in [0.1, 0.15) is 23.9 Å². The quantitative estimate of drug-likeness (QED) is 0.609. The fraction of sp³-hybridized carbons (Fsp3) is 0.350. The number of hydrogen-bond donors (Lipinski definition) is 4. The van der Waals surface area contributed by atoms with Crippen LogP contribution in [0.5, 0.6) is 0 Å². The number of carbonyl (C=O) groups excluding carboxylic acids is 1. The van der Waals surface area contributed by atoms with E-state index in [1.807, 2.05) is 6.07 Å². The lowest BCUT2D eigenvalue weighted by molar-refractivity contribution is -0.318. The summed E-state index contributed by atoms with van der Waals surface area (Å²) in [6.07, 6.45) is -6.77. The number of aliphatic hydroxyl groups is 4. The van der Waals surface area contributed by atoms with Gasteiger partial charge in [0.25, 0.3) is 0 Å². The molecule has 6 nitrogen and oxygen atoms in total. The van der Waals surface area contributed by atoms with Crippen molar-refractivity contribution in [3.8, 4) is 0 Å². The van der Waals surface area contributed by atoms with E-state index in [0.717, 1.165) is 5.56 Å². The first-order valence-corrected chi connectivity index (χ1v) is 8.44. The number of carbonyl (C=O) groups is 1. The largest absolute Gasteiger partial charge is 0.387 e. The van der Waals surface area contributed by atoms with Crippen molar-refractivity contribution in [2.45, 2.75) is 43.0 Å². The molecule has 0 bridgehead atoms. The SMILES string of the molecule is O=C(Cc1ccccc1)[C@H]1O[C@H](O)[C@@](O)(Cc2ccccc2)[C@@H](O)[C@@H]1O. The molecule has 2 aromatic rings. The van der Waals surface area contributed by atoms with Crippen molar-refractivity contribution in [2.75, 3.05) is 0 Å². The number of ether oxygens (including phenoxy) is 1. The van der Waals surface area contributed by atoms with Crippen LogP contribution in [-0.4, -0.2) is 56.4 Å². The van der Waals surface area contributed by atoms with Crippen LogP contribution in [0.15, 0.2) is 60.7 Å². The van der Waals surface area contributed by atoms with E-state index in [1.54, 1.807) is 54.6 Å². The van der Waals surface area contributed by atoms with Gasteiger partial charge < -0.3 is 25.2 Å². The van der Waals surface area contributed by atoms with Gasteiger partial charge >= 0.3 is 0 Å². The molecule has 0 spiro atoms. The Bertz CT molecular complexity index is 734. The smallest absolute Gasteiger partial charge is 0.187 e. The number of aliphatic hydroxyl groups excluding tert-OH is 3. The second-order valence-electron chi connectivity index (χ2n) is 6.63. The van der Waals surface area contributed by atoms with Crippen LogP contribution in [0, 0.1) is 0 Å². The van der Waals surface area contributed by atoms with Gasteiger partial charge in [0.2, 0.25) is 0 Å². The van der Waals surface area contributed by atoms with Gasteiger partial charge in [-0.3, -0.25) is 4.79 Å². The lowest BCUT2D eigenvalue weighted by atomic mass is 9.80. The molecule has 1 aliphatic rings. The summed E-state index contributed by atoms with van der Waals surface area (Å²) >= 11 is 0. The first-order chi connectivity index (χ1) is 12.4. The summed E-state index contributed by atoms with van der Waals surface area (Å²) in [5.41, 5.74) is -0.745. The lowest BCUT2D eigenvalue weighted by Gasteiger charge is -2.46. The molecular weight excluding hydrogens is 336 g/mol. The average molecular weight is 358 g/mol. The van der Waals surface area contributed by atoms with Gasteiger partial charge in [-0.05, 0) is 11.1 Å². The first kappa shape index (κ1) is 18.7. The topological polar surface area (TPSA) is 107 Å². The molecule has 0 radical (unpaired) electrons. The van der Waals surface area contributed by atoms with Crippen LogP contribution in [0.2, 0.25) is 0 Å². The van der Waals surface area contributed by atoms with E-state index in [1.165, 1.54) is 0 Å². The number of benzene rings is 2. The molecule has 0 saturated carbocycles. The zero-order valence-corrected chi connectivity index (χ0v) is 14.1. The van der Waals surface area contributed by atoms with Crippen molar-refractivity contribution in [3.05, 3.63) is 71.8 Å². The van der Waals surface area contributed by atoms with Crippen LogP contribution in [0.4, 0.5) is 0 Å². The Hall–Kier alpha value is -2.09. The molecule has 1 saturated heterocycles. The van der Waals surface area contributed by atoms with Crippen molar-refractivity contribution in [1.82, 2.24) is 0 Å². The van der Waals surface area contributed by atoms with E-state index in [-0.39, 0.29) is 12.8 Å². The molecular formula is C20H22O6. The van der Waals surface area contributed by atoms with Crippen LogP contribution in [0.3, 0.4) is 0 Å². The maximum atomic E-state index is 12.4. The minimum absolute atomic E-state index is 0.0148. The van der Waals surface area contributed by atoms with Gasteiger partial charge in [-0.2, -0.15) is 0 Å². The van der Waals surface area contributed by atoms with Crippen LogP contribution >= 0.6 is 0 Å². The fourth-order valence-electron chi connectivity index (χ4n) is 3.22. The van der Waals surface area contributed by atoms with Gasteiger partial charge in [0.05, 0.1) is 0 Å². The second-order valence-corrected chi connectivity index (χ2v) is 6.63. The average Bonchev–Trinajstić information content (AvgIpc) is 2.65. The minimum Gasteiger partial charge on any atom is -0.387 e. The third-order valence-corrected chi connectivity index (χ3v) is 4.72. The predicted octanol–water partition coefficient (Wildman–Crippen LogP) is 0.211. The normalized spacial score (nSPS) is 31.5. The molecule has 0 aliphatic carbocycles. The standard InChI is InChI=1S/C20H22O6/c21-15(11-13-7-3-1-4-8-13)17-16(22)18(23)20(25,19(24)26-17)12-14-9-5-2-6-10-14/h1-10,16-19,22-25H,11-12H2/t16-,17-,18+,19+,20-/m1/s1. The number of hydrogen-bond acceptors (Lipinski definition) is 6. The zero-order chi connectivity index (χ0) is 18.7. The highest BCUT2D eigenvalue weighted by Gasteiger charge is 2.55. The van der Waals surface area contributed by atoms with Gasteiger partial charge in [-0.25, -0.2) is 0 Å². The molecule has 5 atom stereocenters. The highest BCUT2D eigenvalue weighted by atomic mass is 16.6. The van der Waals surface area contributed by atoms with Crippen molar-refractivity contribution < 1.29 is 30.0 Å². The minimum atomic E-state index is -2.12. The Morgan fingerprint density at radius 3 is 2.04 bits per heavy atom. The Morgan fingerprint density at radius 1 is 0.923 bits per heavy atom. The third kappa shape index (κ3) is 3.70. The highest BCUT2D eigenvalue weighted by Crippen LogP contribution is 2.32. The van der Waals surface area contributed by atoms with Crippen molar-refractivity contribution in [3.63, 3.8) is 0 Å². The van der Waals surface area contributed by atoms with Gasteiger partial charge in [-0.15, -0.1) is 0 Å². The van der Waals surface area contributed by atoms with E-state index in [4.69, 9.17) is 4.74 Å². The summed E-state index contributed by atoms with van der Waals surface area (Å²) in [5.74, 6) is -0.483. The third-order valence-electron chi connectivity index (χ3n) is 4.72. The zero-order valence-electron chi connectivity index (χ0n) is 14.1. The summed E-state index contributed by atoms with van der Waals surface area (Å²) in [7, 11) is 0. The summed E-state index contributed by atoms with van der Waals surface area (Å²) in [5, 5.41) is 41.8. The van der Waals surface area contributed by atoms with Crippen LogP contribution in [0.25, 0.3) is 0 Å². The van der Waals surface area contributed by atoms with E-state index in [0.29, 0.717) is 5.56 Å². The summed E-state index contributed by atoms with van der Waals surface area (Å²) < 4.78 is 5.24. The van der Waals surface area contributed by atoms with E-state index < -0.39 is 36.0 Å². The summed E-state index contributed by atoms with van der Waals surface area (Å²) in [4.78, 5) is 12.4. The van der Waals surface area contributed by atoms with Gasteiger partial charge in [0.15, 0.2) is 12.1 Å².